The van der Waals surface area contributed by atoms with E-state index in [1.54, 1.807) is 0 Å². The molecular weight excluding hydrogens is 330 g/mol. The zero-order valence-electron chi connectivity index (χ0n) is 12.1. The molecular formula is C16H20BrN3O. The summed E-state index contributed by atoms with van der Waals surface area (Å²) in [7, 11) is 0. The van der Waals surface area contributed by atoms with E-state index in [4.69, 9.17) is 5.11 Å². The quantitative estimate of drug-likeness (QED) is 0.753. The highest BCUT2D eigenvalue weighted by Crippen LogP contribution is 2.18. The maximum atomic E-state index is 9.05. The molecule has 1 heterocycles. The number of aliphatic hydroxyl groups excluding tert-OH is 1. The van der Waals surface area contributed by atoms with Crippen molar-refractivity contribution in [1.82, 2.24) is 4.98 Å². The molecule has 4 nitrogen and oxygen atoms in total. The van der Waals surface area contributed by atoms with E-state index in [0.29, 0.717) is 13.1 Å². The van der Waals surface area contributed by atoms with Crippen molar-refractivity contribution in [3.05, 3.63) is 52.8 Å². The summed E-state index contributed by atoms with van der Waals surface area (Å²) in [4.78, 5) is 6.53. The number of likely N-dealkylation sites (N-methyl/N-ethyl adjacent to an activating group) is 1. The number of aromatic nitrogens is 1. The number of pyridine rings is 1. The molecule has 0 fully saturated rings. The Balaban J connectivity index is 1.96. The Hall–Kier alpha value is -1.59. The minimum atomic E-state index is 0.169. The van der Waals surface area contributed by atoms with Crippen LogP contribution in [0, 0.1) is 0 Å². The van der Waals surface area contributed by atoms with Gasteiger partial charge >= 0.3 is 0 Å². The number of hydrogen-bond donors (Lipinski definition) is 2. The SMILES string of the molecule is CCN(CCO)c1ccc(NCc2cccc(Br)n2)cc1. The standard InChI is InChI=1S/C16H20BrN3O/c1-2-20(10-11-21)15-8-6-13(7-9-15)18-12-14-4-3-5-16(17)19-14/h3-9,18,21H,2,10-12H2,1H3. The number of aliphatic hydroxyl groups is 1. The molecule has 0 saturated heterocycles. The lowest BCUT2D eigenvalue weighted by atomic mass is 10.2. The maximum Gasteiger partial charge on any atom is 0.106 e. The lowest BCUT2D eigenvalue weighted by Gasteiger charge is -2.22. The number of rotatable bonds is 7. The van der Waals surface area contributed by atoms with E-state index in [1.165, 1.54) is 0 Å². The lowest BCUT2D eigenvalue weighted by molar-refractivity contribution is 0.302. The highest BCUT2D eigenvalue weighted by atomic mass is 79.9. The van der Waals surface area contributed by atoms with Crippen LogP contribution in [0.1, 0.15) is 12.6 Å². The molecule has 5 heteroatoms. The maximum absolute atomic E-state index is 9.05. The van der Waals surface area contributed by atoms with Gasteiger partial charge in [0.2, 0.25) is 0 Å². The van der Waals surface area contributed by atoms with Crippen molar-refractivity contribution < 1.29 is 5.11 Å². The second-order valence-electron chi connectivity index (χ2n) is 4.66. The first-order valence-corrected chi connectivity index (χ1v) is 7.83. The molecule has 0 aliphatic heterocycles. The van der Waals surface area contributed by atoms with Gasteiger partial charge in [-0.05, 0) is 59.3 Å². The fourth-order valence-corrected chi connectivity index (χ4v) is 2.50. The van der Waals surface area contributed by atoms with Crippen molar-refractivity contribution in [2.75, 3.05) is 29.9 Å². The third kappa shape index (κ3) is 4.72. The van der Waals surface area contributed by atoms with Gasteiger partial charge in [-0.3, -0.25) is 0 Å². The fraction of sp³-hybridized carbons (Fsp3) is 0.312. The van der Waals surface area contributed by atoms with Gasteiger partial charge in [0.05, 0.1) is 18.8 Å². The predicted molar refractivity (Wildman–Crippen MR) is 90.7 cm³/mol. The largest absolute Gasteiger partial charge is 0.395 e. The first kappa shape index (κ1) is 15.8. The van der Waals surface area contributed by atoms with E-state index in [9.17, 15) is 0 Å². The molecule has 1 aromatic heterocycles. The van der Waals surface area contributed by atoms with E-state index in [1.807, 2.05) is 30.3 Å². The van der Waals surface area contributed by atoms with Crippen LogP contribution in [0.25, 0.3) is 0 Å². The molecule has 2 aromatic rings. The molecule has 0 aliphatic rings. The van der Waals surface area contributed by atoms with Crippen LogP contribution in [0.5, 0.6) is 0 Å². The highest BCUT2D eigenvalue weighted by molar-refractivity contribution is 9.10. The smallest absolute Gasteiger partial charge is 0.106 e. The first-order valence-electron chi connectivity index (χ1n) is 7.04. The fourth-order valence-electron chi connectivity index (χ4n) is 2.12. The average molecular weight is 350 g/mol. The Morgan fingerprint density at radius 2 is 1.95 bits per heavy atom. The van der Waals surface area contributed by atoms with Crippen LogP contribution in [0.2, 0.25) is 0 Å². The second-order valence-corrected chi connectivity index (χ2v) is 5.47. The number of hydrogen-bond acceptors (Lipinski definition) is 4. The first-order chi connectivity index (χ1) is 10.2. The van der Waals surface area contributed by atoms with Gasteiger partial charge < -0.3 is 15.3 Å². The topological polar surface area (TPSA) is 48.4 Å². The van der Waals surface area contributed by atoms with Crippen LogP contribution in [0.3, 0.4) is 0 Å². The molecule has 0 aliphatic carbocycles. The van der Waals surface area contributed by atoms with Gasteiger partial charge in [-0.2, -0.15) is 0 Å². The Labute approximate surface area is 134 Å². The Kier molecular flexibility index (Phi) is 6.02. The number of nitrogens with zero attached hydrogens (tertiary/aromatic N) is 2. The van der Waals surface area contributed by atoms with Crippen LogP contribution < -0.4 is 10.2 Å². The molecule has 0 amide bonds. The van der Waals surface area contributed by atoms with Gasteiger partial charge in [0.1, 0.15) is 4.60 Å². The molecule has 21 heavy (non-hydrogen) atoms. The minimum absolute atomic E-state index is 0.169. The Morgan fingerprint density at radius 1 is 1.19 bits per heavy atom. The third-order valence-electron chi connectivity index (χ3n) is 3.23. The average Bonchev–Trinajstić information content (AvgIpc) is 2.51. The van der Waals surface area contributed by atoms with E-state index >= 15 is 0 Å². The monoisotopic (exact) mass is 349 g/mol. The highest BCUT2D eigenvalue weighted by Gasteiger charge is 2.03. The van der Waals surface area contributed by atoms with E-state index in [2.05, 4.69) is 50.2 Å². The molecule has 112 valence electrons. The Bertz CT molecular complexity index is 560. The Morgan fingerprint density at radius 3 is 2.57 bits per heavy atom. The van der Waals surface area contributed by atoms with Gasteiger partial charge in [-0.25, -0.2) is 4.98 Å². The van der Waals surface area contributed by atoms with E-state index in [-0.39, 0.29) is 6.61 Å². The summed E-state index contributed by atoms with van der Waals surface area (Å²) < 4.78 is 0.847. The van der Waals surface area contributed by atoms with Gasteiger partial charge in [-0.15, -0.1) is 0 Å². The molecule has 1 aromatic carbocycles. The summed E-state index contributed by atoms with van der Waals surface area (Å²) in [6.45, 7) is 4.48. The van der Waals surface area contributed by atoms with Crippen molar-refractivity contribution in [3.63, 3.8) is 0 Å². The lowest BCUT2D eigenvalue weighted by Crippen LogP contribution is -2.25. The van der Waals surface area contributed by atoms with Crippen molar-refractivity contribution in [1.29, 1.82) is 0 Å². The summed E-state index contributed by atoms with van der Waals surface area (Å²) >= 11 is 3.37. The number of halogens is 1. The van der Waals surface area contributed by atoms with Crippen LogP contribution in [-0.2, 0) is 6.54 Å². The molecule has 0 unspecified atom stereocenters. The van der Waals surface area contributed by atoms with Gasteiger partial charge in [-0.1, -0.05) is 6.07 Å². The second kappa shape index (κ2) is 8.00. The van der Waals surface area contributed by atoms with Crippen molar-refractivity contribution in [2.24, 2.45) is 0 Å². The van der Waals surface area contributed by atoms with Crippen LogP contribution >= 0.6 is 15.9 Å². The number of nitrogens with one attached hydrogen (secondary N) is 1. The summed E-state index contributed by atoms with van der Waals surface area (Å²) in [6.07, 6.45) is 0. The molecule has 2 rings (SSSR count). The van der Waals surface area contributed by atoms with Gasteiger partial charge in [0, 0.05) is 24.5 Å². The van der Waals surface area contributed by atoms with Crippen LogP contribution in [0.15, 0.2) is 47.1 Å². The summed E-state index contributed by atoms with van der Waals surface area (Å²) in [5.74, 6) is 0. The van der Waals surface area contributed by atoms with E-state index < -0.39 is 0 Å². The molecule has 0 atom stereocenters. The van der Waals surface area contributed by atoms with Gasteiger partial charge in [0.15, 0.2) is 0 Å². The van der Waals surface area contributed by atoms with Crippen LogP contribution in [-0.4, -0.2) is 29.8 Å². The predicted octanol–water partition coefficient (Wildman–Crippen LogP) is 3.27. The third-order valence-corrected chi connectivity index (χ3v) is 3.67. The zero-order chi connectivity index (χ0) is 15.1. The summed E-state index contributed by atoms with van der Waals surface area (Å²) in [5, 5.41) is 12.4. The van der Waals surface area contributed by atoms with Crippen molar-refractivity contribution in [2.45, 2.75) is 13.5 Å². The molecule has 2 N–H and O–H groups in total. The van der Waals surface area contributed by atoms with Crippen molar-refractivity contribution in [3.8, 4) is 0 Å². The normalized spacial score (nSPS) is 10.4. The minimum Gasteiger partial charge on any atom is -0.395 e. The van der Waals surface area contributed by atoms with E-state index in [0.717, 1.165) is 28.2 Å². The summed E-state index contributed by atoms with van der Waals surface area (Å²) in [5.41, 5.74) is 3.17. The van der Waals surface area contributed by atoms with Crippen molar-refractivity contribution >= 4 is 27.3 Å². The zero-order valence-corrected chi connectivity index (χ0v) is 13.7. The number of anilines is 2. The number of benzene rings is 1. The molecule has 0 saturated carbocycles. The molecule has 0 radical (unpaired) electrons. The molecule has 0 spiro atoms. The van der Waals surface area contributed by atoms with Gasteiger partial charge in [0.25, 0.3) is 0 Å². The van der Waals surface area contributed by atoms with Crippen LogP contribution in [0.4, 0.5) is 11.4 Å². The summed E-state index contributed by atoms with van der Waals surface area (Å²) in [6, 6.07) is 14.1. The molecule has 0 bridgehead atoms.